The molecule has 2 rings (SSSR count). The molecule has 0 saturated heterocycles. The van der Waals surface area contributed by atoms with Crippen molar-refractivity contribution < 1.29 is 8.78 Å². The molecule has 0 spiro atoms. The van der Waals surface area contributed by atoms with Crippen molar-refractivity contribution in [1.29, 1.82) is 0 Å². The Hall–Kier alpha value is -0.970. The number of halogens is 2. The molecule has 1 N–H and O–H groups in total. The number of rotatable bonds is 4. The highest BCUT2D eigenvalue weighted by molar-refractivity contribution is 4.93. The molecule has 2 unspecified atom stereocenters. The largest absolute Gasteiger partial charge is 0.319 e. The minimum atomic E-state index is -2.50. The van der Waals surface area contributed by atoms with Crippen molar-refractivity contribution in [3.63, 3.8) is 0 Å². The smallest absolute Gasteiger partial charge is 0.307 e. The first-order valence-corrected chi connectivity index (χ1v) is 5.70. The van der Waals surface area contributed by atoms with Crippen LogP contribution in [-0.4, -0.2) is 15.6 Å². The van der Waals surface area contributed by atoms with Gasteiger partial charge < -0.3 is 5.32 Å². The molecule has 0 aromatic carbocycles. The van der Waals surface area contributed by atoms with Gasteiger partial charge in [0.1, 0.15) is 5.82 Å². The van der Waals surface area contributed by atoms with Crippen LogP contribution in [0.4, 0.5) is 8.78 Å². The van der Waals surface area contributed by atoms with Gasteiger partial charge in [0, 0.05) is 18.4 Å². The van der Waals surface area contributed by atoms with Gasteiger partial charge in [-0.2, -0.15) is 8.78 Å². The number of imidazole rings is 1. The third kappa shape index (κ3) is 2.58. The van der Waals surface area contributed by atoms with Gasteiger partial charge in [0.25, 0.3) is 0 Å². The molecule has 3 nitrogen and oxygen atoms in total. The maximum atomic E-state index is 12.5. The minimum Gasteiger partial charge on any atom is -0.307 e. The highest BCUT2D eigenvalue weighted by atomic mass is 19.3. The monoisotopic (exact) mass is 229 g/mol. The average Bonchev–Trinajstić information content (AvgIpc) is 2.83. The summed E-state index contributed by atoms with van der Waals surface area (Å²) in [6, 6.07) is 0.456. The quantitative estimate of drug-likeness (QED) is 0.860. The normalized spacial score (nSPS) is 25.5. The summed E-state index contributed by atoms with van der Waals surface area (Å²) < 4.78 is 25.9. The highest BCUT2D eigenvalue weighted by Crippen LogP contribution is 2.24. The molecular weight excluding hydrogens is 212 g/mol. The van der Waals surface area contributed by atoms with Crippen molar-refractivity contribution in [3.8, 4) is 0 Å². The lowest BCUT2D eigenvalue weighted by molar-refractivity contribution is 0.0664. The van der Waals surface area contributed by atoms with E-state index in [9.17, 15) is 8.78 Å². The Morgan fingerprint density at radius 2 is 2.38 bits per heavy atom. The molecular formula is C11H17F2N3. The van der Waals surface area contributed by atoms with Crippen LogP contribution in [0.1, 0.15) is 38.6 Å². The average molecular weight is 229 g/mol. The molecule has 1 fully saturated rings. The van der Waals surface area contributed by atoms with Gasteiger partial charge in [-0.3, -0.25) is 4.57 Å². The third-order valence-corrected chi connectivity index (χ3v) is 3.20. The Morgan fingerprint density at radius 1 is 1.56 bits per heavy atom. The molecule has 1 heterocycles. The molecule has 2 atom stereocenters. The number of nitrogens with one attached hydrogen (secondary N) is 1. The molecule has 0 radical (unpaired) electrons. The molecule has 0 bridgehead atoms. The van der Waals surface area contributed by atoms with Crippen LogP contribution in [0.15, 0.2) is 12.4 Å². The maximum absolute atomic E-state index is 12.5. The molecule has 1 saturated carbocycles. The van der Waals surface area contributed by atoms with Crippen LogP contribution in [0, 0.1) is 5.92 Å². The van der Waals surface area contributed by atoms with Gasteiger partial charge in [0.2, 0.25) is 0 Å². The first-order chi connectivity index (χ1) is 7.66. The van der Waals surface area contributed by atoms with E-state index in [0.29, 0.717) is 18.4 Å². The summed E-state index contributed by atoms with van der Waals surface area (Å²) in [6.45, 7) is 0.151. The van der Waals surface area contributed by atoms with Crippen molar-refractivity contribution in [3.05, 3.63) is 18.2 Å². The Bertz CT molecular complexity index is 338. The number of hydrogen-bond donors (Lipinski definition) is 1. The van der Waals surface area contributed by atoms with Gasteiger partial charge in [0.05, 0.1) is 6.54 Å². The van der Waals surface area contributed by atoms with Crippen LogP contribution >= 0.6 is 0 Å². The van der Waals surface area contributed by atoms with Crippen molar-refractivity contribution in [2.75, 3.05) is 0 Å². The molecule has 1 aromatic heterocycles. The van der Waals surface area contributed by atoms with Crippen LogP contribution in [-0.2, 0) is 6.54 Å². The fourth-order valence-electron chi connectivity index (χ4n) is 2.29. The summed E-state index contributed by atoms with van der Waals surface area (Å²) in [4.78, 5) is 3.94. The molecule has 1 aliphatic rings. The van der Waals surface area contributed by atoms with Crippen molar-refractivity contribution in [2.24, 2.45) is 5.92 Å². The number of aromatic nitrogens is 2. The number of alkyl halides is 2. The molecule has 90 valence electrons. The van der Waals surface area contributed by atoms with E-state index < -0.39 is 6.55 Å². The maximum Gasteiger partial charge on any atom is 0.319 e. The van der Waals surface area contributed by atoms with Crippen LogP contribution < -0.4 is 5.32 Å². The van der Waals surface area contributed by atoms with Gasteiger partial charge in [0.15, 0.2) is 0 Å². The second-order valence-electron chi connectivity index (χ2n) is 4.52. The Balaban J connectivity index is 1.87. The fraction of sp³-hybridized carbons (Fsp3) is 0.727. The van der Waals surface area contributed by atoms with Crippen molar-refractivity contribution in [2.45, 2.75) is 45.3 Å². The summed E-state index contributed by atoms with van der Waals surface area (Å²) in [5.74, 6) is 1.15. The SMILES string of the molecule is CC1CCC(NCc2nccn2C(F)F)C1. The van der Waals surface area contributed by atoms with Gasteiger partial charge in [-0.1, -0.05) is 6.92 Å². The lowest BCUT2D eigenvalue weighted by Gasteiger charge is -2.13. The Morgan fingerprint density at radius 3 is 3.00 bits per heavy atom. The predicted octanol–water partition coefficient (Wildman–Crippen LogP) is 2.56. The fourth-order valence-corrected chi connectivity index (χ4v) is 2.29. The zero-order chi connectivity index (χ0) is 11.5. The van der Waals surface area contributed by atoms with Gasteiger partial charge in [-0.15, -0.1) is 0 Å². The second-order valence-corrected chi connectivity index (χ2v) is 4.52. The molecule has 0 aliphatic heterocycles. The van der Waals surface area contributed by atoms with Gasteiger partial charge in [-0.05, 0) is 25.2 Å². The summed E-state index contributed by atoms with van der Waals surface area (Å²) in [5, 5.41) is 3.29. The first-order valence-electron chi connectivity index (χ1n) is 5.70. The van der Waals surface area contributed by atoms with E-state index in [-0.39, 0.29) is 0 Å². The summed E-state index contributed by atoms with van der Waals surface area (Å²) in [6.07, 6.45) is 6.23. The van der Waals surface area contributed by atoms with Gasteiger partial charge >= 0.3 is 6.55 Å². The summed E-state index contributed by atoms with van der Waals surface area (Å²) in [5.41, 5.74) is 0. The zero-order valence-electron chi connectivity index (χ0n) is 9.37. The molecule has 1 aliphatic carbocycles. The molecule has 0 amide bonds. The second kappa shape index (κ2) is 4.91. The van der Waals surface area contributed by atoms with Crippen molar-refractivity contribution >= 4 is 0 Å². The van der Waals surface area contributed by atoms with E-state index in [1.807, 2.05) is 0 Å². The van der Waals surface area contributed by atoms with Crippen LogP contribution in [0.25, 0.3) is 0 Å². The topological polar surface area (TPSA) is 29.9 Å². The van der Waals surface area contributed by atoms with Crippen LogP contribution in [0.3, 0.4) is 0 Å². The van der Waals surface area contributed by atoms with E-state index in [0.717, 1.165) is 23.3 Å². The molecule has 16 heavy (non-hydrogen) atoms. The van der Waals surface area contributed by atoms with Crippen molar-refractivity contribution in [1.82, 2.24) is 14.9 Å². The summed E-state index contributed by atoms with van der Waals surface area (Å²) in [7, 11) is 0. The molecule has 5 heteroatoms. The number of nitrogens with zero attached hydrogens (tertiary/aromatic N) is 2. The minimum absolute atomic E-state index is 0.412. The lowest BCUT2D eigenvalue weighted by atomic mass is 10.1. The standard InChI is InChI=1S/C11H17F2N3/c1-8-2-3-9(6-8)15-7-10-14-4-5-16(10)11(12)13/h4-5,8-9,11,15H,2-3,6-7H2,1H3. The van der Waals surface area contributed by atoms with Gasteiger partial charge in [-0.25, -0.2) is 4.98 Å². The Kier molecular flexibility index (Phi) is 3.53. The summed E-state index contributed by atoms with van der Waals surface area (Å²) >= 11 is 0. The predicted molar refractivity (Wildman–Crippen MR) is 57.1 cm³/mol. The first kappa shape index (κ1) is 11.5. The van der Waals surface area contributed by atoms with Crippen LogP contribution in [0.5, 0.6) is 0 Å². The van der Waals surface area contributed by atoms with E-state index in [1.165, 1.54) is 18.8 Å². The number of hydrogen-bond acceptors (Lipinski definition) is 2. The third-order valence-electron chi connectivity index (χ3n) is 3.20. The lowest BCUT2D eigenvalue weighted by Crippen LogP contribution is -2.27. The van der Waals surface area contributed by atoms with E-state index in [2.05, 4.69) is 17.2 Å². The van der Waals surface area contributed by atoms with E-state index >= 15 is 0 Å². The van der Waals surface area contributed by atoms with E-state index in [1.54, 1.807) is 0 Å². The molecule has 1 aromatic rings. The Labute approximate surface area is 93.9 Å². The highest BCUT2D eigenvalue weighted by Gasteiger charge is 2.21. The zero-order valence-corrected chi connectivity index (χ0v) is 9.37. The van der Waals surface area contributed by atoms with E-state index in [4.69, 9.17) is 0 Å². The van der Waals surface area contributed by atoms with Crippen LogP contribution in [0.2, 0.25) is 0 Å².